The second-order valence-electron chi connectivity index (χ2n) is 3.26. The van der Waals surface area contributed by atoms with Crippen LogP contribution in [0.15, 0.2) is 29.8 Å². The Balaban J connectivity index is 2.40. The molecule has 0 atom stereocenters. The molecular weight excluding hydrogens is 248 g/mol. The van der Waals surface area contributed by atoms with E-state index in [0.717, 1.165) is 0 Å². The van der Waals surface area contributed by atoms with Crippen molar-refractivity contribution in [1.29, 1.82) is 0 Å². The standard InChI is InChI=1S/C11H7F2NO2S/c12-10(13)7-3-1-6(2-4-7)9-8(11(15)16)14-5-17-9/h1-5,10H,(H,15,16). The highest BCUT2D eigenvalue weighted by Crippen LogP contribution is 2.29. The highest BCUT2D eigenvalue weighted by Gasteiger charge is 2.15. The van der Waals surface area contributed by atoms with E-state index in [2.05, 4.69) is 4.98 Å². The van der Waals surface area contributed by atoms with Crippen LogP contribution in [0.2, 0.25) is 0 Å². The summed E-state index contributed by atoms with van der Waals surface area (Å²) in [5.41, 5.74) is 1.85. The maximum atomic E-state index is 12.3. The van der Waals surface area contributed by atoms with Crippen molar-refractivity contribution in [2.75, 3.05) is 0 Å². The van der Waals surface area contributed by atoms with Crippen LogP contribution in [0.25, 0.3) is 10.4 Å². The van der Waals surface area contributed by atoms with E-state index in [1.807, 2.05) is 0 Å². The molecule has 1 heterocycles. The first-order chi connectivity index (χ1) is 8.09. The highest BCUT2D eigenvalue weighted by atomic mass is 32.1. The van der Waals surface area contributed by atoms with Crippen LogP contribution in [0.1, 0.15) is 22.5 Å². The summed E-state index contributed by atoms with van der Waals surface area (Å²) in [6.45, 7) is 0. The summed E-state index contributed by atoms with van der Waals surface area (Å²) in [5.74, 6) is -1.13. The Morgan fingerprint density at radius 2 is 1.94 bits per heavy atom. The van der Waals surface area contributed by atoms with Gasteiger partial charge in [-0.3, -0.25) is 0 Å². The molecule has 0 radical (unpaired) electrons. The van der Waals surface area contributed by atoms with Crippen LogP contribution in [0.3, 0.4) is 0 Å². The van der Waals surface area contributed by atoms with E-state index in [-0.39, 0.29) is 11.3 Å². The summed E-state index contributed by atoms with van der Waals surface area (Å²) in [6, 6.07) is 5.51. The average Bonchev–Trinajstić information content (AvgIpc) is 2.78. The smallest absolute Gasteiger partial charge is 0.356 e. The van der Waals surface area contributed by atoms with Crippen LogP contribution < -0.4 is 0 Å². The molecule has 0 spiro atoms. The number of halogens is 2. The molecule has 3 nitrogen and oxygen atoms in total. The van der Waals surface area contributed by atoms with Crippen molar-refractivity contribution >= 4 is 17.3 Å². The van der Waals surface area contributed by atoms with Crippen molar-refractivity contribution in [2.24, 2.45) is 0 Å². The molecule has 88 valence electrons. The Labute approximate surface area is 99.4 Å². The lowest BCUT2D eigenvalue weighted by atomic mass is 10.1. The Kier molecular flexibility index (Phi) is 3.14. The quantitative estimate of drug-likeness (QED) is 0.913. The number of aromatic nitrogens is 1. The number of benzene rings is 1. The molecule has 0 unspecified atom stereocenters. The molecule has 0 amide bonds. The number of aromatic carboxylic acids is 1. The van der Waals surface area contributed by atoms with Gasteiger partial charge in [-0.2, -0.15) is 0 Å². The molecule has 1 aromatic carbocycles. The minimum atomic E-state index is -2.52. The highest BCUT2D eigenvalue weighted by molar-refractivity contribution is 7.13. The molecule has 2 rings (SSSR count). The molecule has 0 bridgehead atoms. The number of rotatable bonds is 3. The van der Waals surface area contributed by atoms with Gasteiger partial charge in [0.15, 0.2) is 5.69 Å². The molecule has 6 heteroatoms. The number of hydrogen-bond donors (Lipinski definition) is 1. The van der Waals surface area contributed by atoms with Gasteiger partial charge in [0.05, 0.1) is 10.4 Å². The third-order valence-electron chi connectivity index (χ3n) is 2.19. The van der Waals surface area contributed by atoms with E-state index in [9.17, 15) is 13.6 Å². The minimum Gasteiger partial charge on any atom is -0.476 e. The van der Waals surface area contributed by atoms with Gasteiger partial charge in [0, 0.05) is 5.56 Å². The molecule has 0 fully saturated rings. The molecule has 0 saturated carbocycles. The Hall–Kier alpha value is -1.82. The zero-order chi connectivity index (χ0) is 12.4. The van der Waals surface area contributed by atoms with Gasteiger partial charge in [-0.15, -0.1) is 11.3 Å². The van der Waals surface area contributed by atoms with E-state index < -0.39 is 12.4 Å². The zero-order valence-corrected chi connectivity index (χ0v) is 9.25. The van der Waals surface area contributed by atoms with Gasteiger partial charge in [0.25, 0.3) is 6.43 Å². The molecule has 1 N–H and O–H groups in total. The molecule has 1 aromatic heterocycles. The van der Waals surface area contributed by atoms with Gasteiger partial charge < -0.3 is 5.11 Å². The van der Waals surface area contributed by atoms with Crippen molar-refractivity contribution in [3.63, 3.8) is 0 Å². The monoisotopic (exact) mass is 255 g/mol. The number of carboxylic acids is 1. The topological polar surface area (TPSA) is 50.2 Å². The van der Waals surface area contributed by atoms with Crippen LogP contribution in [-0.2, 0) is 0 Å². The van der Waals surface area contributed by atoms with Crippen molar-refractivity contribution in [1.82, 2.24) is 4.98 Å². The van der Waals surface area contributed by atoms with Crippen LogP contribution in [0.5, 0.6) is 0 Å². The van der Waals surface area contributed by atoms with Crippen molar-refractivity contribution < 1.29 is 18.7 Å². The molecular formula is C11H7F2NO2S. The average molecular weight is 255 g/mol. The van der Waals surface area contributed by atoms with Gasteiger partial charge in [0.1, 0.15) is 0 Å². The molecule has 0 aliphatic rings. The fourth-order valence-electron chi connectivity index (χ4n) is 1.38. The molecule has 0 saturated heterocycles. The van der Waals surface area contributed by atoms with E-state index in [4.69, 9.17) is 5.11 Å². The summed E-state index contributed by atoms with van der Waals surface area (Å²) in [6.07, 6.45) is -2.52. The number of alkyl halides is 2. The number of carboxylic acid groups (broad SMARTS) is 1. The number of hydrogen-bond acceptors (Lipinski definition) is 3. The third kappa shape index (κ3) is 2.31. The Bertz CT molecular complexity index is 537. The van der Waals surface area contributed by atoms with E-state index in [1.165, 1.54) is 41.1 Å². The Morgan fingerprint density at radius 3 is 2.47 bits per heavy atom. The molecule has 2 aromatic rings. The summed E-state index contributed by atoms with van der Waals surface area (Å²) >= 11 is 1.17. The maximum Gasteiger partial charge on any atom is 0.356 e. The first-order valence-corrected chi connectivity index (χ1v) is 5.53. The fraction of sp³-hybridized carbons (Fsp3) is 0.0909. The largest absolute Gasteiger partial charge is 0.476 e. The summed E-state index contributed by atoms with van der Waals surface area (Å²) in [7, 11) is 0. The second-order valence-corrected chi connectivity index (χ2v) is 4.11. The van der Waals surface area contributed by atoms with Crippen LogP contribution >= 0.6 is 11.3 Å². The predicted molar refractivity (Wildman–Crippen MR) is 59.5 cm³/mol. The Morgan fingerprint density at radius 1 is 1.29 bits per heavy atom. The molecule has 17 heavy (non-hydrogen) atoms. The summed E-state index contributed by atoms with van der Waals surface area (Å²) in [5, 5.41) is 8.88. The lowest BCUT2D eigenvalue weighted by Gasteiger charge is -2.02. The van der Waals surface area contributed by atoms with Crippen molar-refractivity contribution in [3.05, 3.63) is 41.0 Å². The van der Waals surface area contributed by atoms with Crippen LogP contribution in [-0.4, -0.2) is 16.1 Å². The first-order valence-electron chi connectivity index (χ1n) is 4.65. The van der Waals surface area contributed by atoms with Crippen LogP contribution in [0.4, 0.5) is 8.78 Å². The summed E-state index contributed by atoms with van der Waals surface area (Å²) in [4.78, 5) is 15.0. The molecule has 0 aliphatic heterocycles. The lowest BCUT2D eigenvalue weighted by molar-refractivity contribution is 0.0692. The van der Waals surface area contributed by atoms with Crippen molar-refractivity contribution in [2.45, 2.75) is 6.43 Å². The fourth-order valence-corrected chi connectivity index (χ4v) is 2.17. The van der Waals surface area contributed by atoms with E-state index in [0.29, 0.717) is 10.4 Å². The normalized spacial score (nSPS) is 10.8. The zero-order valence-electron chi connectivity index (χ0n) is 8.43. The number of carbonyl (C=O) groups is 1. The second kappa shape index (κ2) is 4.58. The number of thiazole rings is 1. The van der Waals surface area contributed by atoms with E-state index >= 15 is 0 Å². The lowest BCUT2D eigenvalue weighted by Crippen LogP contribution is -1.98. The van der Waals surface area contributed by atoms with Gasteiger partial charge in [-0.25, -0.2) is 18.6 Å². The summed E-state index contributed by atoms with van der Waals surface area (Å²) < 4.78 is 24.7. The number of nitrogens with zero attached hydrogens (tertiary/aromatic N) is 1. The van der Waals surface area contributed by atoms with Crippen LogP contribution in [0, 0.1) is 0 Å². The van der Waals surface area contributed by atoms with Gasteiger partial charge in [-0.1, -0.05) is 24.3 Å². The van der Waals surface area contributed by atoms with E-state index in [1.54, 1.807) is 0 Å². The third-order valence-corrected chi connectivity index (χ3v) is 3.07. The van der Waals surface area contributed by atoms with Gasteiger partial charge >= 0.3 is 5.97 Å². The van der Waals surface area contributed by atoms with Gasteiger partial charge in [-0.05, 0) is 5.56 Å². The maximum absolute atomic E-state index is 12.3. The molecule has 0 aliphatic carbocycles. The van der Waals surface area contributed by atoms with Crippen molar-refractivity contribution in [3.8, 4) is 10.4 Å². The van der Waals surface area contributed by atoms with Gasteiger partial charge in [0.2, 0.25) is 0 Å². The first kappa shape index (κ1) is 11.7. The minimum absolute atomic E-state index is 0.0557. The SMILES string of the molecule is O=C(O)c1ncsc1-c1ccc(C(F)F)cc1. The predicted octanol–water partition coefficient (Wildman–Crippen LogP) is 3.45.